The average molecular weight is 492 g/mol. The molecule has 2 amide bonds. The van der Waals surface area contributed by atoms with Crippen molar-refractivity contribution in [2.45, 2.75) is 52.2 Å². The van der Waals surface area contributed by atoms with Gasteiger partial charge in [0.25, 0.3) is 0 Å². The predicted octanol–water partition coefficient (Wildman–Crippen LogP) is 2.97. The maximum atomic E-state index is 12.9. The summed E-state index contributed by atoms with van der Waals surface area (Å²) in [7, 11) is 0. The van der Waals surface area contributed by atoms with E-state index in [0.717, 1.165) is 24.0 Å². The van der Waals surface area contributed by atoms with Crippen LogP contribution in [-0.2, 0) is 27.4 Å². The van der Waals surface area contributed by atoms with Crippen LogP contribution in [0.15, 0.2) is 22.8 Å². The minimum Gasteiger partial charge on any atom is -0.463 e. The highest BCUT2D eigenvalue weighted by Crippen LogP contribution is 2.39. The summed E-state index contributed by atoms with van der Waals surface area (Å²) in [5.41, 5.74) is 2.68. The Morgan fingerprint density at radius 3 is 2.33 bits per heavy atom. The van der Waals surface area contributed by atoms with Gasteiger partial charge in [0.1, 0.15) is 17.6 Å². The van der Waals surface area contributed by atoms with Crippen LogP contribution in [-0.4, -0.2) is 71.5 Å². The summed E-state index contributed by atoms with van der Waals surface area (Å²) >= 11 is 0. The SMILES string of the molecule is CC1CCN(C(=O)C(=O)N2CCN(c3nc(-c4ccco4)c4c(c3C#N)CC(C)(C)OC4)CC2)CC1. The maximum absolute atomic E-state index is 12.9. The Balaban J connectivity index is 1.38. The molecule has 0 aromatic carbocycles. The Bertz CT molecular complexity index is 1180. The zero-order valence-electron chi connectivity index (χ0n) is 21.2. The third-order valence-corrected chi connectivity index (χ3v) is 7.59. The highest BCUT2D eigenvalue weighted by Gasteiger charge is 2.36. The number of rotatable bonds is 2. The van der Waals surface area contributed by atoms with Crippen molar-refractivity contribution in [1.82, 2.24) is 14.8 Å². The van der Waals surface area contributed by atoms with E-state index in [0.29, 0.717) is 81.0 Å². The van der Waals surface area contributed by atoms with Gasteiger partial charge in [-0.2, -0.15) is 5.26 Å². The molecule has 2 fully saturated rings. The molecule has 36 heavy (non-hydrogen) atoms. The maximum Gasteiger partial charge on any atom is 0.312 e. The van der Waals surface area contributed by atoms with Crippen molar-refractivity contribution in [1.29, 1.82) is 5.26 Å². The van der Waals surface area contributed by atoms with Crippen LogP contribution in [0.2, 0.25) is 0 Å². The highest BCUT2D eigenvalue weighted by molar-refractivity contribution is 6.34. The van der Waals surface area contributed by atoms with E-state index in [1.165, 1.54) is 0 Å². The first-order valence-electron chi connectivity index (χ1n) is 12.7. The molecule has 0 N–H and O–H groups in total. The van der Waals surface area contributed by atoms with E-state index in [1.807, 2.05) is 30.9 Å². The zero-order chi connectivity index (χ0) is 25.4. The molecule has 0 unspecified atom stereocenters. The number of hydrogen-bond donors (Lipinski definition) is 0. The fraction of sp³-hybridized carbons (Fsp3) is 0.556. The Kier molecular flexibility index (Phi) is 6.47. The lowest BCUT2D eigenvalue weighted by molar-refractivity contribution is -0.152. The lowest BCUT2D eigenvalue weighted by atomic mass is 9.87. The summed E-state index contributed by atoms with van der Waals surface area (Å²) in [6.07, 6.45) is 4.08. The van der Waals surface area contributed by atoms with Gasteiger partial charge in [-0.05, 0) is 50.3 Å². The summed E-state index contributed by atoms with van der Waals surface area (Å²) in [6.45, 7) is 9.67. The number of likely N-dealkylation sites (tertiary alicyclic amines) is 1. The van der Waals surface area contributed by atoms with Crippen LogP contribution in [0.5, 0.6) is 0 Å². The van der Waals surface area contributed by atoms with Crippen LogP contribution in [0.25, 0.3) is 11.5 Å². The van der Waals surface area contributed by atoms with Gasteiger partial charge in [-0.3, -0.25) is 9.59 Å². The first-order valence-corrected chi connectivity index (χ1v) is 12.7. The van der Waals surface area contributed by atoms with Gasteiger partial charge in [0.2, 0.25) is 0 Å². The number of ether oxygens (including phenoxy) is 1. The van der Waals surface area contributed by atoms with Gasteiger partial charge in [0, 0.05) is 51.3 Å². The van der Waals surface area contributed by atoms with Gasteiger partial charge in [-0.15, -0.1) is 0 Å². The molecule has 0 aliphatic carbocycles. The number of amides is 2. The topological polar surface area (TPSA) is 103 Å². The molecule has 5 heterocycles. The number of piperidine rings is 1. The van der Waals surface area contributed by atoms with Gasteiger partial charge < -0.3 is 23.9 Å². The van der Waals surface area contributed by atoms with Gasteiger partial charge in [-0.25, -0.2) is 4.98 Å². The molecule has 0 atom stereocenters. The van der Waals surface area contributed by atoms with E-state index in [1.54, 1.807) is 16.1 Å². The summed E-state index contributed by atoms with van der Waals surface area (Å²) in [6, 6.07) is 6.08. The van der Waals surface area contributed by atoms with Crippen LogP contribution >= 0.6 is 0 Å². The minimum absolute atomic E-state index is 0.361. The molecule has 9 heteroatoms. The average Bonchev–Trinajstić information content (AvgIpc) is 3.42. The van der Waals surface area contributed by atoms with Crippen molar-refractivity contribution in [2.24, 2.45) is 5.92 Å². The molecule has 0 bridgehead atoms. The van der Waals surface area contributed by atoms with Crippen LogP contribution in [0, 0.1) is 17.2 Å². The molecule has 9 nitrogen and oxygen atoms in total. The Morgan fingerprint density at radius 2 is 1.72 bits per heavy atom. The molecule has 2 aromatic heterocycles. The predicted molar refractivity (Wildman–Crippen MR) is 133 cm³/mol. The van der Waals surface area contributed by atoms with E-state index in [4.69, 9.17) is 14.1 Å². The van der Waals surface area contributed by atoms with Crippen molar-refractivity contribution in [3.8, 4) is 17.5 Å². The number of hydrogen-bond acceptors (Lipinski definition) is 7. The molecular weight excluding hydrogens is 458 g/mol. The summed E-state index contributed by atoms with van der Waals surface area (Å²) in [5.74, 6) is 0.995. The third-order valence-electron chi connectivity index (χ3n) is 7.59. The molecule has 2 aromatic rings. The number of pyridine rings is 1. The molecule has 5 rings (SSSR count). The summed E-state index contributed by atoms with van der Waals surface area (Å²) in [5, 5.41) is 10.2. The first-order chi connectivity index (χ1) is 17.3. The normalized spacial score (nSPS) is 20.1. The van der Waals surface area contributed by atoms with Gasteiger partial charge >= 0.3 is 11.8 Å². The van der Waals surface area contributed by atoms with Gasteiger partial charge in [-0.1, -0.05) is 6.92 Å². The Morgan fingerprint density at radius 1 is 1.06 bits per heavy atom. The van der Waals surface area contributed by atoms with E-state index in [-0.39, 0.29) is 0 Å². The second kappa shape index (κ2) is 9.58. The van der Waals surface area contributed by atoms with E-state index >= 15 is 0 Å². The fourth-order valence-electron chi connectivity index (χ4n) is 5.32. The lowest BCUT2D eigenvalue weighted by Crippen LogP contribution is -2.54. The molecule has 0 spiro atoms. The zero-order valence-corrected chi connectivity index (χ0v) is 21.2. The molecule has 190 valence electrons. The number of furan rings is 1. The van der Waals surface area contributed by atoms with Gasteiger partial charge in [0.15, 0.2) is 5.76 Å². The highest BCUT2D eigenvalue weighted by atomic mass is 16.5. The minimum atomic E-state index is -0.432. The number of aromatic nitrogens is 1. The quantitative estimate of drug-likeness (QED) is 0.595. The molecule has 3 aliphatic rings. The molecule has 2 saturated heterocycles. The van der Waals surface area contributed by atoms with Crippen molar-refractivity contribution in [2.75, 3.05) is 44.2 Å². The number of fused-ring (bicyclic) bond motifs is 1. The van der Waals surface area contributed by atoms with Crippen LogP contribution in [0.1, 0.15) is 50.3 Å². The lowest BCUT2D eigenvalue weighted by Gasteiger charge is -2.38. The number of piperazine rings is 1. The largest absolute Gasteiger partial charge is 0.463 e. The second-order valence-electron chi connectivity index (χ2n) is 10.7. The van der Waals surface area contributed by atoms with Crippen LogP contribution < -0.4 is 4.90 Å². The van der Waals surface area contributed by atoms with Crippen molar-refractivity contribution >= 4 is 17.6 Å². The third kappa shape index (κ3) is 4.58. The molecule has 0 radical (unpaired) electrons. The summed E-state index contributed by atoms with van der Waals surface area (Å²) in [4.78, 5) is 36.0. The number of anilines is 1. The molecule has 0 saturated carbocycles. The van der Waals surface area contributed by atoms with E-state index in [2.05, 4.69) is 13.0 Å². The second-order valence-corrected chi connectivity index (χ2v) is 10.7. The Hall–Kier alpha value is -3.38. The van der Waals surface area contributed by atoms with Crippen molar-refractivity contribution < 1.29 is 18.7 Å². The van der Waals surface area contributed by atoms with E-state index in [9.17, 15) is 14.9 Å². The summed E-state index contributed by atoms with van der Waals surface area (Å²) < 4.78 is 11.7. The number of carbonyl (C=O) groups is 2. The monoisotopic (exact) mass is 491 g/mol. The van der Waals surface area contributed by atoms with Crippen LogP contribution in [0.3, 0.4) is 0 Å². The van der Waals surface area contributed by atoms with Crippen molar-refractivity contribution in [3.63, 3.8) is 0 Å². The van der Waals surface area contributed by atoms with Crippen molar-refractivity contribution in [3.05, 3.63) is 35.1 Å². The Labute approximate surface area is 211 Å². The number of nitriles is 1. The standard InChI is InChI=1S/C27H33N5O4/c1-18-6-8-31(9-7-18)25(33)26(34)32-12-10-30(11-13-32)24-20(16-28)19-15-27(2,3)36-17-21(19)23(29-24)22-5-4-14-35-22/h4-5,14,18H,6-13,15,17H2,1-3H3. The number of carbonyl (C=O) groups excluding carboxylic acids is 2. The van der Waals surface area contributed by atoms with Gasteiger partial charge in [0.05, 0.1) is 24.0 Å². The molecule has 3 aliphatic heterocycles. The number of nitrogens with zero attached hydrogens (tertiary/aromatic N) is 5. The smallest absolute Gasteiger partial charge is 0.312 e. The fourth-order valence-corrected chi connectivity index (χ4v) is 5.32. The van der Waals surface area contributed by atoms with E-state index < -0.39 is 17.4 Å². The van der Waals surface area contributed by atoms with Crippen LogP contribution in [0.4, 0.5) is 5.82 Å². The molecular formula is C27H33N5O4. The first kappa shape index (κ1) is 24.3.